The molecule has 0 spiro atoms. The molecule has 1 amide bonds. The largest absolute Gasteiger partial charge is 0.496 e. The number of thiocarbonyl (C=S) groups is 1. The van der Waals surface area contributed by atoms with Crippen LogP contribution in [-0.4, -0.2) is 28.1 Å². The Morgan fingerprint density at radius 1 is 1.10 bits per heavy atom. The molecule has 7 nitrogen and oxygen atoms in total. The van der Waals surface area contributed by atoms with Gasteiger partial charge in [-0.25, -0.2) is 4.98 Å². The molecule has 0 atom stereocenters. The molecular weight excluding hydrogens is 388 g/mol. The van der Waals surface area contributed by atoms with Gasteiger partial charge < -0.3 is 14.5 Å². The number of amides is 1. The molecule has 0 aliphatic heterocycles. The predicted octanol–water partition coefficient (Wildman–Crippen LogP) is 4.03. The second-order valence-electron chi connectivity index (χ2n) is 6.03. The van der Waals surface area contributed by atoms with Crippen LogP contribution in [0.25, 0.3) is 22.7 Å². The molecule has 29 heavy (non-hydrogen) atoms. The van der Waals surface area contributed by atoms with E-state index in [-0.39, 0.29) is 11.0 Å². The molecule has 4 rings (SSSR count). The van der Waals surface area contributed by atoms with Crippen LogP contribution >= 0.6 is 12.2 Å². The molecule has 2 aromatic heterocycles. The highest BCUT2D eigenvalue weighted by atomic mass is 32.1. The molecule has 0 bridgehead atoms. The molecule has 8 heteroatoms. The number of carbonyl (C=O) groups excluding carboxylic acids is 1. The zero-order valence-corrected chi connectivity index (χ0v) is 16.2. The van der Waals surface area contributed by atoms with Gasteiger partial charge in [-0.15, -0.1) is 0 Å². The lowest BCUT2D eigenvalue weighted by Gasteiger charge is -2.12. The van der Waals surface area contributed by atoms with Gasteiger partial charge in [-0.3, -0.25) is 10.1 Å². The number of hydrogen-bond acceptors (Lipinski definition) is 6. The van der Waals surface area contributed by atoms with Crippen molar-refractivity contribution in [2.45, 2.75) is 0 Å². The van der Waals surface area contributed by atoms with Crippen molar-refractivity contribution in [2.24, 2.45) is 0 Å². The van der Waals surface area contributed by atoms with Gasteiger partial charge in [-0.05, 0) is 54.7 Å². The van der Waals surface area contributed by atoms with Crippen molar-refractivity contribution >= 4 is 40.2 Å². The summed E-state index contributed by atoms with van der Waals surface area (Å²) in [6, 6.07) is 17.9. The lowest BCUT2D eigenvalue weighted by molar-refractivity contribution is 0.0975. The summed E-state index contributed by atoms with van der Waals surface area (Å²) in [6.45, 7) is 0. The number of benzene rings is 2. The highest BCUT2D eigenvalue weighted by Crippen LogP contribution is 2.25. The van der Waals surface area contributed by atoms with E-state index >= 15 is 0 Å². The van der Waals surface area contributed by atoms with Crippen molar-refractivity contribution in [3.05, 3.63) is 72.4 Å². The number of ether oxygens (including phenoxy) is 1. The minimum Gasteiger partial charge on any atom is -0.496 e. The Morgan fingerprint density at radius 2 is 1.97 bits per heavy atom. The highest BCUT2D eigenvalue weighted by Gasteiger charge is 2.14. The number of hydrogen-bond donors (Lipinski definition) is 2. The smallest absolute Gasteiger partial charge is 0.261 e. The van der Waals surface area contributed by atoms with Gasteiger partial charge >= 0.3 is 0 Å². The standard InChI is InChI=1S/C21H16N4O3S/c1-27-16-9-3-2-8-15(16)19(26)25-21(29)23-14-7-4-6-13(12-14)20-24-18-17(28-20)10-5-11-22-18/h2-12H,1H3,(H2,23,25,26,29). The van der Waals surface area contributed by atoms with Crippen molar-refractivity contribution in [2.75, 3.05) is 12.4 Å². The topological polar surface area (TPSA) is 89.3 Å². The first kappa shape index (κ1) is 18.6. The lowest BCUT2D eigenvalue weighted by atomic mass is 10.2. The summed E-state index contributed by atoms with van der Waals surface area (Å²) in [6.07, 6.45) is 1.66. The number of fused-ring (bicyclic) bond motifs is 1. The van der Waals surface area contributed by atoms with Crippen LogP contribution in [0.2, 0.25) is 0 Å². The zero-order valence-electron chi connectivity index (χ0n) is 15.4. The zero-order chi connectivity index (χ0) is 20.2. The second-order valence-corrected chi connectivity index (χ2v) is 6.44. The molecule has 0 unspecified atom stereocenters. The van der Waals surface area contributed by atoms with Crippen molar-refractivity contribution in [1.29, 1.82) is 0 Å². The maximum atomic E-state index is 12.5. The van der Waals surface area contributed by atoms with E-state index in [0.29, 0.717) is 34.1 Å². The summed E-state index contributed by atoms with van der Waals surface area (Å²) < 4.78 is 11.0. The number of anilines is 1. The van der Waals surface area contributed by atoms with Crippen molar-refractivity contribution in [3.8, 4) is 17.2 Å². The molecule has 2 heterocycles. The van der Waals surface area contributed by atoms with E-state index in [1.54, 1.807) is 36.5 Å². The van der Waals surface area contributed by atoms with Gasteiger partial charge in [0, 0.05) is 17.4 Å². The Kier molecular flexibility index (Phi) is 5.17. The van der Waals surface area contributed by atoms with Crippen molar-refractivity contribution < 1.29 is 13.9 Å². The number of nitrogens with one attached hydrogen (secondary N) is 2. The number of methoxy groups -OCH3 is 1. The summed E-state index contributed by atoms with van der Waals surface area (Å²) in [5, 5.41) is 5.81. The average Bonchev–Trinajstić information content (AvgIpc) is 3.18. The number of carbonyl (C=O) groups is 1. The Hall–Kier alpha value is -3.78. The highest BCUT2D eigenvalue weighted by molar-refractivity contribution is 7.80. The van der Waals surface area contributed by atoms with Crippen LogP contribution in [0, 0.1) is 0 Å². The number of aromatic nitrogens is 2. The maximum absolute atomic E-state index is 12.5. The molecular formula is C21H16N4O3S. The number of nitrogens with zero attached hydrogens (tertiary/aromatic N) is 2. The number of rotatable bonds is 4. The van der Waals surface area contributed by atoms with E-state index in [9.17, 15) is 4.79 Å². The van der Waals surface area contributed by atoms with E-state index in [2.05, 4.69) is 20.6 Å². The maximum Gasteiger partial charge on any atom is 0.261 e. The molecule has 144 valence electrons. The molecule has 2 aromatic carbocycles. The fourth-order valence-electron chi connectivity index (χ4n) is 2.79. The van der Waals surface area contributed by atoms with E-state index in [0.717, 1.165) is 5.56 Å². The van der Waals surface area contributed by atoms with Crippen LogP contribution in [0.15, 0.2) is 71.3 Å². The SMILES string of the molecule is COc1ccccc1C(=O)NC(=S)Nc1cccc(-c2nc3ncccc3o2)c1. The Bertz CT molecular complexity index is 1170. The first-order valence-electron chi connectivity index (χ1n) is 8.71. The Morgan fingerprint density at radius 3 is 2.79 bits per heavy atom. The minimum atomic E-state index is -0.360. The molecule has 0 aliphatic rings. The van der Waals surface area contributed by atoms with Crippen LogP contribution in [-0.2, 0) is 0 Å². The fraction of sp³-hybridized carbons (Fsp3) is 0.0476. The third-order valence-electron chi connectivity index (χ3n) is 4.11. The number of pyridine rings is 1. The Balaban J connectivity index is 1.49. The predicted molar refractivity (Wildman–Crippen MR) is 114 cm³/mol. The summed E-state index contributed by atoms with van der Waals surface area (Å²) >= 11 is 5.27. The molecule has 0 fully saturated rings. The van der Waals surface area contributed by atoms with Gasteiger partial charge in [-0.1, -0.05) is 18.2 Å². The monoisotopic (exact) mass is 404 g/mol. The summed E-state index contributed by atoms with van der Waals surface area (Å²) in [4.78, 5) is 21.0. The molecule has 0 radical (unpaired) electrons. The van der Waals surface area contributed by atoms with Gasteiger partial charge in [0.1, 0.15) is 5.75 Å². The summed E-state index contributed by atoms with van der Waals surface area (Å²) in [7, 11) is 1.51. The lowest BCUT2D eigenvalue weighted by Crippen LogP contribution is -2.34. The molecule has 4 aromatic rings. The average molecular weight is 404 g/mol. The van der Waals surface area contributed by atoms with Crippen LogP contribution < -0.4 is 15.4 Å². The van der Waals surface area contributed by atoms with Gasteiger partial charge in [0.05, 0.1) is 12.7 Å². The summed E-state index contributed by atoms with van der Waals surface area (Å²) in [5.41, 5.74) is 2.99. The van der Waals surface area contributed by atoms with Crippen LogP contribution in [0.4, 0.5) is 5.69 Å². The quantitative estimate of drug-likeness (QED) is 0.497. The first-order chi connectivity index (χ1) is 14.1. The number of para-hydroxylation sites is 1. The molecule has 0 aliphatic carbocycles. The van der Waals surface area contributed by atoms with Crippen molar-refractivity contribution in [1.82, 2.24) is 15.3 Å². The van der Waals surface area contributed by atoms with E-state index < -0.39 is 0 Å². The normalized spacial score (nSPS) is 10.5. The fourth-order valence-corrected chi connectivity index (χ4v) is 3.00. The third kappa shape index (κ3) is 4.07. The number of oxazole rings is 1. The van der Waals surface area contributed by atoms with E-state index in [4.69, 9.17) is 21.4 Å². The van der Waals surface area contributed by atoms with Crippen molar-refractivity contribution in [3.63, 3.8) is 0 Å². The summed E-state index contributed by atoms with van der Waals surface area (Å²) in [5.74, 6) is 0.562. The minimum absolute atomic E-state index is 0.164. The first-order valence-corrected chi connectivity index (χ1v) is 9.12. The van der Waals surface area contributed by atoms with E-state index in [1.807, 2.05) is 30.3 Å². The van der Waals surface area contributed by atoms with Gasteiger partial charge in [0.25, 0.3) is 5.91 Å². The van der Waals surface area contributed by atoms with Crippen LogP contribution in [0.5, 0.6) is 5.75 Å². The third-order valence-corrected chi connectivity index (χ3v) is 4.32. The second kappa shape index (κ2) is 8.07. The molecule has 0 saturated heterocycles. The molecule has 2 N–H and O–H groups in total. The van der Waals surface area contributed by atoms with Gasteiger partial charge in [-0.2, -0.15) is 4.98 Å². The van der Waals surface area contributed by atoms with Crippen LogP contribution in [0.3, 0.4) is 0 Å². The van der Waals surface area contributed by atoms with Gasteiger partial charge in [0.2, 0.25) is 5.89 Å². The van der Waals surface area contributed by atoms with Crippen LogP contribution in [0.1, 0.15) is 10.4 Å². The van der Waals surface area contributed by atoms with E-state index in [1.165, 1.54) is 7.11 Å². The van der Waals surface area contributed by atoms with Gasteiger partial charge in [0.15, 0.2) is 16.3 Å². The Labute approximate surface area is 171 Å². The molecule has 0 saturated carbocycles.